The smallest absolute Gasteiger partial charge is 0.239 e. The molecule has 25 heavy (non-hydrogen) atoms. The van der Waals surface area contributed by atoms with Crippen LogP contribution in [-0.2, 0) is 33.4 Å². The average Bonchev–Trinajstić information content (AvgIpc) is 3.31. The molecule has 1 amide bonds. The van der Waals surface area contributed by atoms with Crippen LogP contribution in [0.5, 0.6) is 0 Å². The Kier molecular flexibility index (Phi) is 4.33. The lowest BCUT2D eigenvalue weighted by atomic mass is 9.87. The van der Waals surface area contributed by atoms with Crippen molar-refractivity contribution < 1.29 is 13.2 Å². The summed E-state index contributed by atoms with van der Waals surface area (Å²) < 4.78 is 26.6. The maximum Gasteiger partial charge on any atom is 0.239 e. The summed E-state index contributed by atoms with van der Waals surface area (Å²) in [6.45, 7) is 0. The summed E-state index contributed by atoms with van der Waals surface area (Å²) >= 11 is 1.36. The highest BCUT2D eigenvalue weighted by molar-refractivity contribution is 7.89. The van der Waals surface area contributed by atoms with Gasteiger partial charge in [0, 0.05) is 28.6 Å². The van der Waals surface area contributed by atoms with Gasteiger partial charge in [-0.25, -0.2) is 18.4 Å². The molecule has 1 saturated carbocycles. The lowest BCUT2D eigenvalue weighted by Gasteiger charge is -2.23. The first-order valence-corrected chi connectivity index (χ1v) is 10.9. The van der Waals surface area contributed by atoms with Gasteiger partial charge in [0.05, 0.1) is 0 Å². The number of thiophene rings is 1. The second-order valence-electron chi connectivity index (χ2n) is 6.72. The molecule has 1 N–H and O–H groups in total. The molecule has 2 aromatic heterocycles. The van der Waals surface area contributed by atoms with E-state index in [0.717, 1.165) is 34.8 Å². The summed E-state index contributed by atoms with van der Waals surface area (Å²) in [6.07, 6.45) is 5.95. The number of carbonyl (C=O) groups is 1. The molecule has 0 spiro atoms. The van der Waals surface area contributed by atoms with E-state index in [0.29, 0.717) is 25.2 Å². The van der Waals surface area contributed by atoms with Crippen LogP contribution < -0.4 is 4.72 Å². The van der Waals surface area contributed by atoms with Gasteiger partial charge in [-0.05, 0) is 49.1 Å². The van der Waals surface area contributed by atoms with E-state index in [-0.39, 0.29) is 11.7 Å². The summed E-state index contributed by atoms with van der Waals surface area (Å²) in [4.78, 5) is 22.2. The van der Waals surface area contributed by atoms with Crippen LogP contribution in [0.1, 0.15) is 47.1 Å². The number of hydrogen-bond donors (Lipinski definition) is 1. The number of nitrogens with one attached hydrogen (secondary N) is 1. The fourth-order valence-corrected chi connectivity index (χ4v) is 5.38. The van der Waals surface area contributed by atoms with Crippen LogP contribution >= 0.6 is 11.3 Å². The van der Waals surface area contributed by atoms with Crippen molar-refractivity contribution in [1.29, 1.82) is 0 Å². The zero-order chi connectivity index (χ0) is 17.4. The molecular formula is C17H19N3O3S2. The van der Waals surface area contributed by atoms with E-state index in [1.807, 2.05) is 11.6 Å². The fraction of sp³-hybridized carbons (Fsp3) is 0.471. The molecule has 0 saturated heterocycles. The van der Waals surface area contributed by atoms with E-state index in [9.17, 15) is 13.2 Å². The number of aryl methyl sites for hydroxylation is 1. The van der Waals surface area contributed by atoms with Crippen molar-refractivity contribution in [3.05, 3.63) is 45.7 Å². The van der Waals surface area contributed by atoms with Crippen molar-refractivity contribution in [2.24, 2.45) is 5.92 Å². The third-order valence-corrected chi connectivity index (χ3v) is 6.91. The number of sulfonamides is 1. The third kappa shape index (κ3) is 3.90. The van der Waals surface area contributed by atoms with E-state index >= 15 is 0 Å². The molecule has 0 aromatic carbocycles. The van der Waals surface area contributed by atoms with Crippen molar-refractivity contribution in [2.75, 3.05) is 0 Å². The van der Waals surface area contributed by atoms with E-state index in [2.05, 4.69) is 14.7 Å². The molecule has 0 radical (unpaired) electrons. The zero-order valence-electron chi connectivity index (χ0n) is 13.6. The van der Waals surface area contributed by atoms with Crippen LogP contribution in [0.25, 0.3) is 0 Å². The fourth-order valence-electron chi connectivity index (χ4n) is 3.14. The van der Waals surface area contributed by atoms with E-state index in [4.69, 9.17) is 0 Å². The van der Waals surface area contributed by atoms with Crippen molar-refractivity contribution in [3.8, 4) is 0 Å². The Labute approximate surface area is 150 Å². The van der Waals surface area contributed by atoms with Crippen LogP contribution in [0.3, 0.4) is 0 Å². The van der Waals surface area contributed by atoms with Crippen LogP contribution in [0.15, 0.2) is 23.7 Å². The van der Waals surface area contributed by atoms with Crippen molar-refractivity contribution in [3.63, 3.8) is 0 Å². The predicted molar refractivity (Wildman–Crippen MR) is 94.6 cm³/mol. The first-order chi connectivity index (χ1) is 12.0. The van der Waals surface area contributed by atoms with Crippen LogP contribution in [0.4, 0.5) is 0 Å². The van der Waals surface area contributed by atoms with Crippen LogP contribution in [-0.4, -0.2) is 24.3 Å². The molecule has 2 aliphatic rings. The molecule has 2 aromatic rings. The predicted octanol–water partition coefficient (Wildman–Crippen LogP) is 2.17. The highest BCUT2D eigenvalue weighted by atomic mass is 32.2. The summed E-state index contributed by atoms with van der Waals surface area (Å²) in [5.74, 6) is 0.497. The molecule has 2 aliphatic carbocycles. The molecule has 1 fully saturated rings. The van der Waals surface area contributed by atoms with Crippen molar-refractivity contribution in [2.45, 2.75) is 43.8 Å². The lowest BCUT2D eigenvalue weighted by Crippen LogP contribution is -2.38. The molecule has 1 unspecified atom stereocenters. The van der Waals surface area contributed by atoms with Crippen molar-refractivity contribution in [1.82, 2.24) is 14.7 Å². The van der Waals surface area contributed by atoms with Crippen LogP contribution in [0, 0.1) is 5.92 Å². The zero-order valence-corrected chi connectivity index (χ0v) is 15.3. The molecule has 1 atom stereocenters. The van der Waals surface area contributed by atoms with Crippen LogP contribution in [0.2, 0.25) is 0 Å². The topological polar surface area (TPSA) is 89.0 Å². The quantitative estimate of drug-likeness (QED) is 0.863. The molecule has 6 nitrogen and oxygen atoms in total. The Bertz CT molecular complexity index is 890. The Balaban J connectivity index is 1.41. The van der Waals surface area contributed by atoms with Crippen molar-refractivity contribution >= 4 is 27.3 Å². The minimum Gasteiger partial charge on any atom is -0.274 e. The largest absolute Gasteiger partial charge is 0.274 e. The molecular weight excluding hydrogens is 358 g/mol. The van der Waals surface area contributed by atoms with Gasteiger partial charge in [-0.3, -0.25) is 9.52 Å². The number of amides is 1. The first kappa shape index (κ1) is 16.7. The summed E-state index contributed by atoms with van der Waals surface area (Å²) in [5.41, 5.74) is 1.98. The minimum absolute atomic E-state index is 0.159. The van der Waals surface area contributed by atoms with E-state index < -0.39 is 15.9 Å². The molecule has 8 heteroatoms. The number of fused-ring (bicyclic) bond motifs is 1. The number of hydrogen-bond acceptors (Lipinski definition) is 6. The van der Waals surface area contributed by atoms with Gasteiger partial charge in [0.15, 0.2) is 0 Å². The van der Waals surface area contributed by atoms with E-state index in [1.54, 1.807) is 12.1 Å². The normalized spacial score (nSPS) is 20.1. The summed E-state index contributed by atoms with van der Waals surface area (Å²) in [5, 5.41) is 1.82. The maximum absolute atomic E-state index is 12.4. The average molecular weight is 377 g/mol. The Morgan fingerprint density at radius 2 is 2.16 bits per heavy atom. The lowest BCUT2D eigenvalue weighted by molar-refractivity contribution is -0.123. The Morgan fingerprint density at radius 3 is 2.88 bits per heavy atom. The number of nitrogens with zero attached hydrogens (tertiary/aromatic N) is 2. The highest BCUT2D eigenvalue weighted by Gasteiger charge is 2.31. The summed E-state index contributed by atoms with van der Waals surface area (Å²) in [6, 6.07) is 3.55. The maximum atomic E-state index is 12.4. The number of aromatic nitrogens is 2. The Morgan fingerprint density at radius 1 is 1.32 bits per heavy atom. The molecule has 132 valence electrons. The standard InChI is InChI=1S/C17H19N3O3S2/c21-17(20-25(22,23)10-14-2-1-7-24-14)12-5-6-15-13(8-12)9-18-16(19-15)11-3-4-11/h1-2,7,9,11-12H,3-6,8,10H2,(H,20,21). The second-order valence-corrected chi connectivity index (χ2v) is 9.47. The molecule has 0 bridgehead atoms. The second kappa shape index (κ2) is 6.49. The molecule has 2 heterocycles. The van der Waals surface area contributed by atoms with Gasteiger partial charge in [0.1, 0.15) is 11.6 Å². The van der Waals surface area contributed by atoms with Gasteiger partial charge in [0.2, 0.25) is 15.9 Å². The first-order valence-electron chi connectivity index (χ1n) is 8.41. The van der Waals surface area contributed by atoms with Gasteiger partial charge in [0.25, 0.3) is 0 Å². The summed E-state index contributed by atoms with van der Waals surface area (Å²) in [7, 11) is -3.66. The number of carbonyl (C=O) groups excluding carboxylic acids is 1. The van der Waals surface area contributed by atoms with Gasteiger partial charge in [-0.15, -0.1) is 11.3 Å². The van der Waals surface area contributed by atoms with Gasteiger partial charge in [-0.1, -0.05) is 6.07 Å². The van der Waals surface area contributed by atoms with Gasteiger partial charge >= 0.3 is 0 Å². The SMILES string of the molecule is O=C(NS(=O)(=O)Cc1cccs1)C1CCc2nc(C3CC3)ncc2C1. The minimum atomic E-state index is -3.66. The molecule has 4 rings (SSSR count). The van der Waals surface area contributed by atoms with Gasteiger partial charge in [-0.2, -0.15) is 0 Å². The monoisotopic (exact) mass is 377 g/mol. The van der Waals surface area contributed by atoms with E-state index in [1.165, 1.54) is 11.3 Å². The highest BCUT2D eigenvalue weighted by Crippen LogP contribution is 2.38. The third-order valence-electron chi connectivity index (χ3n) is 4.65. The van der Waals surface area contributed by atoms with Gasteiger partial charge < -0.3 is 0 Å². The Hall–Kier alpha value is -1.80. The number of rotatable bonds is 5. The molecule has 0 aliphatic heterocycles.